The average Bonchev–Trinajstić information content (AvgIpc) is 2.94. The third-order valence-electron chi connectivity index (χ3n) is 3.58. The molecule has 1 N–H and O–H groups in total. The number of amides is 1. The van der Waals surface area contributed by atoms with Crippen molar-refractivity contribution in [1.82, 2.24) is 25.5 Å². The maximum absolute atomic E-state index is 11.8. The van der Waals surface area contributed by atoms with E-state index in [4.69, 9.17) is 4.74 Å². The first-order valence-corrected chi connectivity index (χ1v) is 8.78. The molecule has 8 heteroatoms. The quantitative estimate of drug-likeness (QED) is 0.578. The van der Waals surface area contributed by atoms with Crippen molar-refractivity contribution >= 4 is 17.7 Å². The van der Waals surface area contributed by atoms with Gasteiger partial charge in [-0.1, -0.05) is 17.8 Å². The zero-order chi connectivity index (χ0) is 17.5. The number of hydrogen-bond acceptors (Lipinski definition) is 6. The van der Waals surface area contributed by atoms with Crippen LogP contribution < -0.4 is 10.1 Å². The fraction of sp³-hybridized carbons (Fsp3) is 0.500. The van der Waals surface area contributed by atoms with Gasteiger partial charge < -0.3 is 10.1 Å². The number of nitrogens with one attached hydrogen (secondary N) is 1. The normalized spacial score (nSPS) is 10.7. The summed E-state index contributed by atoms with van der Waals surface area (Å²) in [5.41, 5.74) is 3.59. The third kappa shape index (κ3) is 5.23. The first kappa shape index (κ1) is 18.3. The van der Waals surface area contributed by atoms with Crippen LogP contribution in [0.1, 0.15) is 23.1 Å². The second-order valence-corrected chi connectivity index (χ2v) is 6.57. The minimum atomic E-state index is -0.0365. The highest BCUT2D eigenvalue weighted by Crippen LogP contribution is 2.23. The number of aryl methyl sites for hydroxylation is 3. The summed E-state index contributed by atoms with van der Waals surface area (Å²) >= 11 is 1.31. The highest BCUT2D eigenvalue weighted by molar-refractivity contribution is 7.99. The van der Waals surface area contributed by atoms with E-state index in [1.807, 2.05) is 6.07 Å². The number of carbonyl (C=O) groups excluding carboxylic acids is 1. The molecule has 2 rings (SSSR count). The highest BCUT2D eigenvalue weighted by Gasteiger charge is 2.07. The van der Waals surface area contributed by atoms with Gasteiger partial charge in [-0.05, 0) is 60.4 Å². The lowest BCUT2D eigenvalue weighted by Gasteiger charge is -2.12. The van der Waals surface area contributed by atoms with Crippen LogP contribution in [0.15, 0.2) is 17.3 Å². The Kier molecular flexibility index (Phi) is 6.60. The van der Waals surface area contributed by atoms with Crippen molar-refractivity contribution in [2.24, 2.45) is 7.05 Å². The molecular weight excluding hydrogens is 326 g/mol. The van der Waals surface area contributed by atoms with Crippen molar-refractivity contribution in [2.45, 2.75) is 32.3 Å². The number of carbonyl (C=O) groups is 1. The summed E-state index contributed by atoms with van der Waals surface area (Å²) in [4.78, 5) is 11.8. The van der Waals surface area contributed by atoms with E-state index in [9.17, 15) is 4.79 Å². The molecule has 0 radical (unpaired) electrons. The van der Waals surface area contributed by atoms with Crippen LogP contribution in [-0.4, -0.2) is 45.0 Å². The van der Waals surface area contributed by atoms with Crippen molar-refractivity contribution in [3.8, 4) is 5.75 Å². The molecule has 2 aromatic rings. The number of thioether (sulfide) groups is 1. The smallest absolute Gasteiger partial charge is 0.230 e. The summed E-state index contributed by atoms with van der Waals surface area (Å²) in [5.74, 6) is 1.18. The maximum atomic E-state index is 11.8. The Morgan fingerprint density at radius 2 is 2.12 bits per heavy atom. The van der Waals surface area contributed by atoms with Crippen LogP contribution in [0.25, 0.3) is 0 Å². The van der Waals surface area contributed by atoms with Gasteiger partial charge in [0.05, 0.1) is 12.4 Å². The van der Waals surface area contributed by atoms with Crippen LogP contribution in [0.5, 0.6) is 5.75 Å². The van der Waals surface area contributed by atoms with E-state index < -0.39 is 0 Å². The van der Waals surface area contributed by atoms with Gasteiger partial charge in [-0.15, -0.1) is 5.10 Å². The lowest BCUT2D eigenvalue weighted by Crippen LogP contribution is -2.27. The lowest BCUT2D eigenvalue weighted by molar-refractivity contribution is -0.118. The first-order valence-electron chi connectivity index (χ1n) is 7.80. The van der Waals surface area contributed by atoms with E-state index in [0.717, 1.165) is 12.2 Å². The van der Waals surface area contributed by atoms with Crippen LogP contribution in [0.4, 0.5) is 0 Å². The molecule has 1 aromatic carbocycles. The number of aromatic nitrogens is 4. The number of benzene rings is 1. The molecular formula is C16H23N5O2S. The summed E-state index contributed by atoms with van der Waals surface area (Å²) in [7, 11) is 1.74. The number of tetrazole rings is 1. The van der Waals surface area contributed by atoms with E-state index >= 15 is 0 Å². The summed E-state index contributed by atoms with van der Waals surface area (Å²) in [6.07, 6.45) is 0.758. The van der Waals surface area contributed by atoms with Crippen molar-refractivity contribution < 1.29 is 9.53 Å². The van der Waals surface area contributed by atoms with Gasteiger partial charge in [0.1, 0.15) is 5.75 Å². The molecule has 0 unspecified atom stereocenters. The van der Waals surface area contributed by atoms with Gasteiger partial charge in [0.2, 0.25) is 11.1 Å². The summed E-state index contributed by atoms with van der Waals surface area (Å²) < 4.78 is 7.37. The van der Waals surface area contributed by atoms with E-state index in [0.29, 0.717) is 24.1 Å². The molecule has 0 aliphatic carbocycles. The van der Waals surface area contributed by atoms with E-state index in [-0.39, 0.29) is 5.91 Å². The van der Waals surface area contributed by atoms with Crippen molar-refractivity contribution in [2.75, 3.05) is 18.9 Å². The molecule has 0 saturated heterocycles. The third-order valence-corrected chi connectivity index (χ3v) is 4.59. The van der Waals surface area contributed by atoms with Crippen LogP contribution in [0.2, 0.25) is 0 Å². The standard InChI is InChI=1S/C16H23N5O2S/c1-11-8-12(2)13(3)14(9-11)23-7-5-6-17-15(22)10-24-16-18-19-20-21(16)4/h8-9H,5-7,10H2,1-4H3,(H,17,22). The molecule has 0 fully saturated rings. The summed E-state index contributed by atoms with van der Waals surface area (Å²) in [6.45, 7) is 7.36. The molecule has 0 saturated carbocycles. The zero-order valence-corrected chi connectivity index (χ0v) is 15.3. The summed E-state index contributed by atoms with van der Waals surface area (Å²) in [5, 5.41) is 14.6. The van der Waals surface area contributed by atoms with Crippen molar-refractivity contribution in [3.05, 3.63) is 28.8 Å². The molecule has 1 aromatic heterocycles. The van der Waals surface area contributed by atoms with Crippen molar-refractivity contribution in [3.63, 3.8) is 0 Å². The maximum Gasteiger partial charge on any atom is 0.230 e. The Hall–Kier alpha value is -2.09. The van der Waals surface area contributed by atoms with Gasteiger partial charge in [-0.2, -0.15) is 0 Å². The Morgan fingerprint density at radius 3 is 2.83 bits per heavy atom. The van der Waals surface area contributed by atoms with Gasteiger partial charge in [-0.3, -0.25) is 4.79 Å². The Bertz CT molecular complexity index is 702. The van der Waals surface area contributed by atoms with Crippen LogP contribution in [0, 0.1) is 20.8 Å². The predicted octanol–water partition coefficient (Wildman–Crippen LogP) is 1.81. The van der Waals surface area contributed by atoms with E-state index in [2.05, 4.69) is 47.7 Å². The number of hydrogen-bond donors (Lipinski definition) is 1. The Morgan fingerprint density at radius 1 is 1.33 bits per heavy atom. The topological polar surface area (TPSA) is 81.9 Å². The number of ether oxygens (including phenoxy) is 1. The molecule has 0 atom stereocenters. The molecule has 1 amide bonds. The molecule has 0 spiro atoms. The Labute approximate surface area is 146 Å². The van der Waals surface area contributed by atoms with E-state index in [1.165, 1.54) is 33.1 Å². The Balaban J connectivity index is 1.64. The van der Waals surface area contributed by atoms with E-state index in [1.54, 1.807) is 7.05 Å². The summed E-state index contributed by atoms with van der Waals surface area (Å²) in [6, 6.07) is 4.19. The fourth-order valence-electron chi connectivity index (χ4n) is 2.16. The highest BCUT2D eigenvalue weighted by atomic mass is 32.2. The fourth-order valence-corrected chi connectivity index (χ4v) is 2.84. The van der Waals surface area contributed by atoms with Crippen LogP contribution in [0.3, 0.4) is 0 Å². The van der Waals surface area contributed by atoms with Gasteiger partial charge in [0.25, 0.3) is 0 Å². The SMILES string of the molecule is Cc1cc(C)c(C)c(OCCCNC(=O)CSc2nnnn2C)c1. The average molecular weight is 349 g/mol. The van der Waals surface area contributed by atoms with Gasteiger partial charge in [-0.25, -0.2) is 4.68 Å². The zero-order valence-electron chi connectivity index (χ0n) is 14.5. The van der Waals surface area contributed by atoms with Crippen molar-refractivity contribution in [1.29, 1.82) is 0 Å². The second kappa shape index (κ2) is 8.68. The molecule has 1 heterocycles. The van der Waals surface area contributed by atoms with Crippen LogP contribution in [-0.2, 0) is 11.8 Å². The number of nitrogens with zero attached hydrogens (tertiary/aromatic N) is 4. The molecule has 0 bridgehead atoms. The lowest BCUT2D eigenvalue weighted by atomic mass is 10.1. The predicted molar refractivity (Wildman–Crippen MR) is 93.3 cm³/mol. The minimum Gasteiger partial charge on any atom is -0.493 e. The second-order valence-electron chi connectivity index (χ2n) is 5.63. The minimum absolute atomic E-state index is 0.0365. The molecule has 0 aliphatic rings. The largest absolute Gasteiger partial charge is 0.493 e. The van der Waals surface area contributed by atoms with Gasteiger partial charge in [0, 0.05) is 13.6 Å². The number of rotatable bonds is 8. The van der Waals surface area contributed by atoms with Crippen LogP contribution >= 0.6 is 11.8 Å². The monoisotopic (exact) mass is 349 g/mol. The molecule has 7 nitrogen and oxygen atoms in total. The molecule has 24 heavy (non-hydrogen) atoms. The molecule has 130 valence electrons. The van der Waals surface area contributed by atoms with Gasteiger partial charge >= 0.3 is 0 Å². The van der Waals surface area contributed by atoms with Gasteiger partial charge in [0.15, 0.2) is 0 Å². The first-order chi connectivity index (χ1) is 11.5. The molecule has 0 aliphatic heterocycles.